The van der Waals surface area contributed by atoms with Crippen LogP contribution in [0.5, 0.6) is 0 Å². The third kappa shape index (κ3) is 4.48. The number of aryl methyl sites for hydroxylation is 2. The van der Waals surface area contributed by atoms with E-state index in [1.807, 2.05) is 32.9 Å². The fraction of sp³-hybridized carbons (Fsp3) is 0.321. The molecule has 194 valence electrons. The highest BCUT2D eigenvalue weighted by molar-refractivity contribution is 9.10. The highest BCUT2D eigenvalue weighted by Crippen LogP contribution is 2.40. The standard InChI is InChI=1S/C28H30BrN3O4S/c1-5-31-27-9-7-23(37(34,35)30-10-12-36-13-11-30)17-24(27)25(28(31)33)16-21-15-19(3)32(20(21)4)22-6-8-26(29)18(2)14-22/h6-9,14-17H,5,10-13H2,1-4H3/b25-16+. The first-order chi connectivity index (χ1) is 17.6. The largest absolute Gasteiger partial charge is 0.379 e. The summed E-state index contributed by atoms with van der Waals surface area (Å²) in [5.74, 6) is -0.122. The lowest BCUT2D eigenvalue weighted by molar-refractivity contribution is -0.112. The fourth-order valence-electron chi connectivity index (χ4n) is 5.14. The second-order valence-electron chi connectivity index (χ2n) is 9.40. The molecule has 0 atom stereocenters. The van der Waals surface area contributed by atoms with Gasteiger partial charge in [0.05, 0.1) is 23.8 Å². The van der Waals surface area contributed by atoms with Crippen molar-refractivity contribution in [2.75, 3.05) is 37.7 Å². The van der Waals surface area contributed by atoms with Gasteiger partial charge in [-0.15, -0.1) is 0 Å². The molecular weight excluding hydrogens is 554 g/mol. The van der Waals surface area contributed by atoms with E-state index in [0.29, 0.717) is 44.0 Å². The second kappa shape index (κ2) is 9.87. The van der Waals surface area contributed by atoms with Crippen LogP contribution in [-0.2, 0) is 19.6 Å². The van der Waals surface area contributed by atoms with Gasteiger partial charge in [0.25, 0.3) is 5.91 Å². The predicted molar refractivity (Wildman–Crippen MR) is 150 cm³/mol. The van der Waals surface area contributed by atoms with Crippen LogP contribution in [0.4, 0.5) is 5.69 Å². The van der Waals surface area contributed by atoms with Crippen molar-refractivity contribution in [3.8, 4) is 5.69 Å². The van der Waals surface area contributed by atoms with Crippen molar-refractivity contribution in [1.29, 1.82) is 0 Å². The zero-order chi connectivity index (χ0) is 26.5. The highest BCUT2D eigenvalue weighted by atomic mass is 79.9. The first-order valence-electron chi connectivity index (χ1n) is 12.3. The van der Waals surface area contributed by atoms with Crippen molar-refractivity contribution in [1.82, 2.24) is 8.87 Å². The summed E-state index contributed by atoms with van der Waals surface area (Å²) in [5.41, 5.74) is 7.04. The van der Waals surface area contributed by atoms with Gasteiger partial charge in [-0.25, -0.2) is 8.42 Å². The van der Waals surface area contributed by atoms with E-state index in [2.05, 4.69) is 45.6 Å². The van der Waals surface area contributed by atoms with Gasteiger partial charge in [-0.1, -0.05) is 15.9 Å². The molecule has 0 N–H and O–H groups in total. The third-order valence-corrected chi connectivity index (χ3v) is 9.90. The summed E-state index contributed by atoms with van der Waals surface area (Å²) in [6, 6.07) is 13.3. The van der Waals surface area contributed by atoms with Gasteiger partial charge >= 0.3 is 0 Å². The number of anilines is 1. The Morgan fingerprint density at radius 1 is 1.03 bits per heavy atom. The SMILES string of the molecule is CCN1C(=O)/C(=C/c2cc(C)n(-c3ccc(Br)c(C)c3)c2C)c2cc(S(=O)(=O)N3CCOCC3)ccc21. The number of carbonyl (C=O) groups excluding carboxylic acids is 1. The number of ether oxygens (including phenoxy) is 1. The molecule has 0 unspecified atom stereocenters. The normalized spacial score (nSPS) is 17.6. The number of morpholine rings is 1. The van der Waals surface area contributed by atoms with Gasteiger partial charge in [0.1, 0.15) is 0 Å². The summed E-state index contributed by atoms with van der Waals surface area (Å²) >= 11 is 3.57. The molecule has 7 nitrogen and oxygen atoms in total. The van der Waals surface area contributed by atoms with Crippen LogP contribution in [0.2, 0.25) is 0 Å². The van der Waals surface area contributed by atoms with Crippen LogP contribution in [0.15, 0.2) is 51.8 Å². The van der Waals surface area contributed by atoms with Gasteiger partial charge in [0, 0.05) is 52.3 Å². The number of benzene rings is 2. The molecule has 2 aromatic carbocycles. The van der Waals surface area contributed by atoms with Gasteiger partial charge in [-0.3, -0.25) is 4.79 Å². The molecule has 0 saturated carbocycles. The smallest absolute Gasteiger partial charge is 0.258 e. The van der Waals surface area contributed by atoms with Crippen LogP contribution in [-0.4, -0.2) is 56.0 Å². The highest BCUT2D eigenvalue weighted by Gasteiger charge is 2.34. The summed E-state index contributed by atoms with van der Waals surface area (Å²) in [7, 11) is -3.69. The minimum Gasteiger partial charge on any atom is -0.379 e. The van der Waals surface area contributed by atoms with Crippen LogP contribution in [0.3, 0.4) is 0 Å². The number of hydrogen-bond donors (Lipinski definition) is 0. The quantitative estimate of drug-likeness (QED) is 0.392. The van der Waals surface area contributed by atoms with Crippen LogP contribution in [0.25, 0.3) is 17.3 Å². The van der Waals surface area contributed by atoms with E-state index in [9.17, 15) is 13.2 Å². The van der Waals surface area contributed by atoms with Gasteiger partial charge in [-0.2, -0.15) is 4.31 Å². The van der Waals surface area contributed by atoms with E-state index >= 15 is 0 Å². The topological polar surface area (TPSA) is 71.9 Å². The zero-order valence-electron chi connectivity index (χ0n) is 21.4. The second-order valence-corrected chi connectivity index (χ2v) is 12.2. The lowest BCUT2D eigenvalue weighted by atomic mass is 10.0. The summed E-state index contributed by atoms with van der Waals surface area (Å²) in [6.45, 7) is 9.96. The maximum absolute atomic E-state index is 13.5. The average Bonchev–Trinajstić information content (AvgIpc) is 3.32. The molecule has 3 heterocycles. The van der Waals surface area contributed by atoms with Crippen LogP contribution < -0.4 is 4.90 Å². The number of likely N-dealkylation sites (N-methyl/N-ethyl adjacent to an activating group) is 1. The molecule has 1 saturated heterocycles. The summed E-state index contributed by atoms with van der Waals surface area (Å²) < 4.78 is 36.7. The number of carbonyl (C=O) groups is 1. The van der Waals surface area contributed by atoms with E-state index in [4.69, 9.17) is 4.74 Å². The van der Waals surface area contributed by atoms with Gasteiger partial charge in [-0.05, 0) is 87.4 Å². The van der Waals surface area contributed by atoms with Crippen molar-refractivity contribution < 1.29 is 17.9 Å². The monoisotopic (exact) mass is 583 g/mol. The number of amides is 1. The zero-order valence-corrected chi connectivity index (χ0v) is 23.8. The third-order valence-electron chi connectivity index (χ3n) is 7.12. The van der Waals surface area contributed by atoms with Crippen molar-refractivity contribution in [2.24, 2.45) is 0 Å². The molecule has 5 rings (SSSR count). The molecular formula is C28H30BrN3O4S. The first kappa shape index (κ1) is 25.9. The fourth-order valence-corrected chi connectivity index (χ4v) is 6.82. The number of hydrogen-bond acceptors (Lipinski definition) is 4. The molecule has 0 spiro atoms. The van der Waals surface area contributed by atoms with E-state index in [-0.39, 0.29) is 10.8 Å². The Balaban J connectivity index is 1.60. The Kier molecular flexibility index (Phi) is 6.91. The Labute approximate surface area is 226 Å². The average molecular weight is 585 g/mol. The molecule has 1 amide bonds. The van der Waals surface area contributed by atoms with Crippen LogP contribution >= 0.6 is 15.9 Å². The van der Waals surface area contributed by atoms with Gasteiger partial charge in [0.15, 0.2) is 0 Å². The van der Waals surface area contributed by atoms with Crippen molar-refractivity contribution in [2.45, 2.75) is 32.6 Å². The predicted octanol–water partition coefficient (Wildman–Crippen LogP) is 5.09. The molecule has 2 aliphatic heterocycles. The van der Waals surface area contributed by atoms with Crippen molar-refractivity contribution in [3.05, 3.63) is 75.0 Å². The molecule has 3 aromatic rings. The molecule has 37 heavy (non-hydrogen) atoms. The number of halogens is 1. The number of sulfonamides is 1. The van der Waals surface area contributed by atoms with E-state index in [1.165, 1.54) is 4.31 Å². The summed E-state index contributed by atoms with van der Waals surface area (Å²) in [5, 5.41) is 0. The lowest BCUT2D eigenvalue weighted by Crippen LogP contribution is -2.40. The molecule has 0 aliphatic carbocycles. The summed E-state index contributed by atoms with van der Waals surface area (Å²) in [6.07, 6.45) is 1.90. The first-order valence-corrected chi connectivity index (χ1v) is 14.6. The van der Waals surface area contributed by atoms with Crippen LogP contribution in [0, 0.1) is 20.8 Å². The molecule has 1 fully saturated rings. The molecule has 0 radical (unpaired) electrons. The van der Waals surface area contributed by atoms with Gasteiger partial charge < -0.3 is 14.2 Å². The minimum atomic E-state index is -3.69. The summed E-state index contributed by atoms with van der Waals surface area (Å²) in [4.78, 5) is 15.4. The Hall–Kier alpha value is -2.72. The Morgan fingerprint density at radius 3 is 2.43 bits per heavy atom. The number of aromatic nitrogens is 1. The molecule has 2 aliphatic rings. The number of nitrogens with zero attached hydrogens (tertiary/aromatic N) is 3. The molecule has 9 heteroatoms. The van der Waals surface area contributed by atoms with Gasteiger partial charge in [0.2, 0.25) is 10.0 Å². The maximum Gasteiger partial charge on any atom is 0.258 e. The van der Waals surface area contributed by atoms with E-state index < -0.39 is 10.0 Å². The Bertz CT molecular complexity index is 1530. The van der Waals surface area contributed by atoms with E-state index in [1.54, 1.807) is 23.1 Å². The number of fused-ring (bicyclic) bond motifs is 1. The molecule has 1 aromatic heterocycles. The Morgan fingerprint density at radius 2 is 1.76 bits per heavy atom. The van der Waals surface area contributed by atoms with Crippen molar-refractivity contribution in [3.63, 3.8) is 0 Å². The van der Waals surface area contributed by atoms with Crippen LogP contribution in [0.1, 0.15) is 35.0 Å². The van der Waals surface area contributed by atoms with Crippen molar-refractivity contribution >= 4 is 49.2 Å². The van der Waals surface area contributed by atoms with E-state index in [0.717, 1.165) is 38.4 Å². The maximum atomic E-state index is 13.5. The number of rotatable bonds is 5. The lowest BCUT2D eigenvalue weighted by Gasteiger charge is -2.26. The minimum absolute atomic E-state index is 0.122. The molecule has 0 bridgehead atoms.